The van der Waals surface area contributed by atoms with Crippen LogP contribution in [0.15, 0.2) is 24.2 Å². The van der Waals surface area contributed by atoms with Crippen molar-refractivity contribution in [1.29, 1.82) is 0 Å². The van der Waals surface area contributed by atoms with E-state index in [1.165, 1.54) is 0 Å². The normalized spacial score (nSPS) is 10.4. The molecule has 1 rings (SSSR count). The SMILES string of the molecule is C=CCN(CC(=O)OCC)Cc1nccs1. The summed E-state index contributed by atoms with van der Waals surface area (Å²) in [4.78, 5) is 17.5. The van der Waals surface area contributed by atoms with Crippen molar-refractivity contribution in [2.24, 2.45) is 0 Å². The summed E-state index contributed by atoms with van der Waals surface area (Å²) in [6, 6.07) is 0. The van der Waals surface area contributed by atoms with E-state index in [2.05, 4.69) is 11.6 Å². The van der Waals surface area contributed by atoms with Gasteiger partial charge >= 0.3 is 5.97 Å². The van der Waals surface area contributed by atoms with E-state index in [1.54, 1.807) is 30.5 Å². The first-order chi connectivity index (χ1) is 7.76. The smallest absolute Gasteiger partial charge is 0.320 e. The van der Waals surface area contributed by atoms with Gasteiger partial charge in [-0.15, -0.1) is 17.9 Å². The molecule has 0 N–H and O–H groups in total. The Balaban J connectivity index is 2.47. The fraction of sp³-hybridized carbons (Fsp3) is 0.455. The highest BCUT2D eigenvalue weighted by Crippen LogP contribution is 2.08. The first-order valence-corrected chi connectivity index (χ1v) is 6.01. The third-order valence-electron chi connectivity index (χ3n) is 1.89. The summed E-state index contributed by atoms with van der Waals surface area (Å²) in [7, 11) is 0. The second-order valence-electron chi connectivity index (χ2n) is 3.19. The zero-order chi connectivity index (χ0) is 11.8. The van der Waals surface area contributed by atoms with E-state index < -0.39 is 0 Å². The molecule has 0 aliphatic carbocycles. The van der Waals surface area contributed by atoms with Gasteiger partial charge in [0.05, 0.1) is 19.7 Å². The van der Waals surface area contributed by atoms with Crippen molar-refractivity contribution in [3.8, 4) is 0 Å². The molecule has 0 bridgehead atoms. The average molecular weight is 240 g/mol. The van der Waals surface area contributed by atoms with Crippen LogP contribution in [0.25, 0.3) is 0 Å². The molecule has 88 valence electrons. The van der Waals surface area contributed by atoms with Crippen LogP contribution >= 0.6 is 11.3 Å². The summed E-state index contributed by atoms with van der Waals surface area (Å²) < 4.78 is 4.91. The Morgan fingerprint density at radius 2 is 2.56 bits per heavy atom. The second kappa shape index (κ2) is 7.14. The zero-order valence-corrected chi connectivity index (χ0v) is 10.2. The molecule has 0 fully saturated rings. The lowest BCUT2D eigenvalue weighted by molar-refractivity contribution is -0.144. The lowest BCUT2D eigenvalue weighted by Gasteiger charge is -2.17. The van der Waals surface area contributed by atoms with Crippen LogP contribution in [0.2, 0.25) is 0 Å². The van der Waals surface area contributed by atoms with Gasteiger partial charge in [0, 0.05) is 18.1 Å². The van der Waals surface area contributed by atoms with E-state index in [1.807, 2.05) is 10.3 Å². The van der Waals surface area contributed by atoms with Crippen molar-refractivity contribution in [1.82, 2.24) is 9.88 Å². The minimum absolute atomic E-state index is 0.207. The number of hydrogen-bond donors (Lipinski definition) is 0. The van der Waals surface area contributed by atoms with Gasteiger partial charge in [-0.25, -0.2) is 4.98 Å². The van der Waals surface area contributed by atoms with Crippen molar-refractivity contribution >= 4 is 17.3 Å². The van der Waals surface area contributed by atoms with Gasteiger partial charge in [-0.05, 0) is 6.92 Å². The molecule has 0 saturated heterocycles. The van der Waals surface area contributed by atoms with Crippen LogP contribution in [0.1, 0.15) is 11.9 Å². The van der Waals surface area contributed by atoms with Crippen molar-refractivity contribution in [3.05, 3.63) is 29.2 Å². The number of hydrogen-bond acceptors (Lipinski definition) is 5. The predicted octanol–water partition coefficient (Wildman–Crippen LogP) is 1.69. The summed E-state index contributed by atoms with van der Waals surface area (Å²) in [6.45, 7) is 7.47. The molecule has 0 aliphatic heterocycles. The first-order valence-electron chi connectivity index (χ1n) is 5.13. The molecule has 1 aromatic rings. The largest absolute Gasteiger partial charge is 0.465 e. The average Bonchev–Trinajstić information content (AvgIpc) is 2.71. The molecule has 5 heteroatoms. The van der Waals surface area contributed by atoms with Crippen molar-refractivity contribution < 1.29 is 9.53 Å². The number of thiazole rings is 1. The summed E-state index contributed by atoms with van der Waals surface area (Å²) in [5, 5.41) is 2.91. The molecule has 0 aliphatic rings. The monoisotopic (exact) mass is 240 g/mol. The van der Waals surface area contributed by atoms with Gasteiger partial charge in [0.2, 0.25) is 0 Å². The Kier molecular flexibility index (Phi) is 5.74. The molecule has 0 spiro atoms. The maximum Gasteiger partial charge on any atom is 0.320 e. The van der Waals surface area contributed by atoms with E-state index in [0.717, 1.165) is 5.01 Å². The Bertz CT molecular complexity index is 325. The van der Waals surface area contributed by atoms with Crippen LogP contribution in [0.5, 0.6) is 0 Å². The molecular weight excluding hydrogens is 224 g/mol. The van der Waals surface area contributed by atoms with Crippen LogP contribution in [0.4, 0.5) is 0 Å². The highest BCUT2D eigenvalue weighted by atomic mass is 32.1. The summed E-state index contributed by atoms with van der Waals surface area (Å²) in [5.41, 5.74) is 0. The highest BCUT2D eigenvalue weighted by Gasteiger charge is 2.11. The van der Waals surface area contributed by atoms with Gasteiger partial charge in [-0.2, -0.15) is 0 Å². The van der Waals surface area contributed by atoms with Gasteiger partial charge < -0.3 is 4.74 Å². The third-order valence-corrected chi connectivity index (χ3v) is 2.65. The molecule has 0 unspecified atom stereocenters. The van der Waals surface area contributed by atoms with E-state index in [9.17, 15) is 4.79 Å². The fourth-order valence-electron chi connectivity index (χ4n) is 1.28. The van der Waals surface area contributed by atoms with Gasteiger partial charge in [-0.3, -0.25) is 9.69 Å². The van der Waals surface area contributed by atoms with E-state index in [0.29, 0.717) is 19.7 Å². The predicted molar refractivity (Wildman–Crippen MR) is 64.2 cm³/mol. The topological polar surface area (TPSA) is 42.4 Å². The lowest BCUT2D eigenvalue weighted by Crippen LogP contribution is -2.30. The minimum Gasteiger partial charge on any atom is -0.465 e. The molecule has 0 saturated carbocycles. The van der Waals surface area contributed by atoms with Crippen molar-refractivity contribution in [2.75, 3.05) is 19.7 Å². The van der Waals surface area contributed by atoms with Crippen molar-refractivity contribution in [3.63, 3.8) is 0 Å². The standard InChI is InChI=1S/C11H16N2O2S/c1-3-6-13(9-11(14)15-4-2)8-10-12-5-7-16-10/h3,5,7H,1,4,6,8-9H2,2H3. The Morgan fingerprint density at radius 1 is 1.75 bits per heavy atom. The molecule has 4 nitrogen and oxygen atoms in total. The molecule has 0 amide bonds. The van der Waals surface area contributed by atoms with Crippen LogP contribution in [0, 0.1) is 0 Å². The second-order valence-corrected chi connectivity index (χ2v) is 4.17. The molecule has 0 aromatic carbocycles. The van der Waals surface area contributed by atoms with Gasteiger partial charge in [-0.1, -0.05) is 6.08 Å². The molecular formula is C11H16N2O2S. The quantitative estimate of drug-likeness (QED) is 0.537. The lowest BCUT2D eigenvalue weighted by atomic mass is 10.4. The Hall–Kier alpha value is -1.20. The summed E-state index contributed by atoms with van der Waals surface area (Å²) in [5.74, 6) is -0.207. The van der Waals surface area contributed by atoms with Crippen molar-refractivity contribution in [2.45, 2.75) is 13.5 Å². The van der Waals surface area contributed by atoms with Gasteiger partial charge in [0.15, 0.2) is 0 Å². The summed E-state index contributed by atoms with van der Waals surface area (Å²) in [6.07, 6.45) is 3.53. The van der Waals surface area contributed by atoms with Gasteiger partial charge in [0.1, 0.15) is 5.01 Å². The van der Waals surface area contributed by atoms with E-state index in [-0.39, 0.29) is 12.5 Å². The maximum absolute atomic E-state index is 11.3. The van der Waals surface area contributed by atoms with Crippen LogP contribution in [-0.4, -0.2) is 35.5 Å². The van der Waals surface area contributed by atoms with Gasteiger partial charge in [0.25, 0.3) is 0 Å². The minimum atomic E-state index is -0.207. The Morgan fingerprint density at radius 3 is 3.12 bits per heavy atom. The van der Waals surface area contributed by atoms with Crippen LogP contribution in [0.3, 0.4) is 0 Å². The maximum atomic E-state index is 11.3. The number of carbonyl (C=O) groups excluding carboxylic acids is 1. The van der Waals surface area contributed by atoms with E-state index in [4.69, 9.17) is 4.74 Å². The molecule has 1 heterocycles. The number of nitrogens with zero attached hydrogens (tertiary/aromatic N) is 2. The van der Waals surface area contributed by atoms with Crippen LogP contribution < -0.4 is 0 Å². The summed E-state index contributed by atoms with van der Waals surface area (Å²) >= 11 is 1.58. The highest BCUT2D eigenvalue weighted by molar-refractivity contribution is 7.09. The molecule has 1 aromatic heterocycles. The first kappa shape index (κ1) is 12.9. The molecule has 16 heavy (non-hydrogen) atoms. The molecule has 0 radical (unpaired) electrons. The number of aromatic nitrogens is 1. The van der Waals surface area contributed by atoms with E-state index >= 15 is 0 Å². The van der Waals surface area contributed by atoms with Crippen LogP contribution in [-0.2, 0) is 16.1 Å². The fourth-order valence-corrected chi connectivity index (χ4v) is 1.94. The number of rotatable bonds is 7. The zero-order valence-electron chi connectivity index (χ0n) is 9.39. The number of carbonyl (C=O) groups is 1. The molecule has 0 atom stereocenters. The third kappa shape index (κ3) is 4.55. The number of ether oxygens (including phenoxy) is 1. The number of esters is 1. The Labute approximate surface area is 99.6 Å².